The smallest absolute Gasteiger partial charge is 0.324 e. The minimum Gasteiger partial charge on any atom is -0.508 e. The minimum absolute atomic E-state index is 0.0161. The van der Waals surface area contributed by atoms with Gasteiger partial charge in [-0.3, -0.25) is 96.0 Å². The molecule has 0 saturated carbocycles. The standard InChI is InChI=1S/C88H117N19O25/c1-9-46(8)75-85(128)102-62(38-71(115)116)82(125)100-60(36-67(90)111)80(123)97-58(32-44(4)5)78(121)101-63(39-72(117)118)83(126)104-74(45(6)7)87(130)106(41-69(92)113)29-16-28-93-88(131)107(86(129)52-19-11-10-18-51(52)73-53-24-22-48(109)34-65(53)132-66-35-49(110)23-25-54(66)73)30-26-70(114)95-59(33-47-40-94-55-20-13-12-17-50(47)55)79(122)99-61(37-68(91)112)81(124)103-64(42-108)84(127)98-57(31-43(2)3)77(120)96-56(76(119)105-75)21-14-15-27-89/h10-13,17-20,22-25,34-35,40,43-46,56-64,74-75,94,108-109H,9,14-16,21,26-33,36-39,41-42,89H2,1-8H3,(H2,90,111)(H2,91,112)(H2,92,113)(H,93,131)(H,95,114)(H,96,120)(H,97,123)(H,98,127)(H,99,122)(H,100,125)(H,101,121)(H,102,128)(H,103,124)(H,104,126)(H,105,119)(H,115,116)(H,117,118)/t46-,56-,57-,58-,59-,60-,61-,62-,63-,64-,74-,75-/m0/s1. The third kappa shape index (κ3) is 30.3. The number of carbonyl (C=O) groups excluding carboxylic acids is 17. The molecule has 1 fully saturated rings. The summed E-state index contributed by atoms with van der Waals surface area (Å²) in [6.07, 6.45) is -4.66. The van der Waals surface area contributed by atoms with Crippen LogP contribution in [-0.2, 0) is 87.9 Å². The number of aliphatic hydroxyl groups is 1. The van der Waals surface area contributed by atoms with Crippen molar-refractivity contribution in [1.82, 2.24) is 78.6 Å². The number of carboxylic acids is 2. The van der Waals surface area contributed by atoms with Crippen molar-refractivity contribution in [3.8, 4) is 28.2 Å². The first kappa shape index (κ1) is 105. The first-order valence-electron chi connectivity index (χ1n) is 43.1. The quantitative estimate of drug-likeness (QED) is 0.0210. The van der Waals surface area contributed by atoms with Crippen LogP contribution in [0.25, 0.3) is 44.3 Å². The number of hydrogen-bond donors (Lipinski definition) is 21. The Morgan fingerprint density at radius 1 is 0.515 bits per heavy atom. The number of carboxylic acid groups (broad SMARTS) is 2. The lowest BCUT2D eigenvalue weighted by atomic mass is 9.90. The Labute approximate surface area is 757 Å². The Balaban J connectivity index is 1.33. The summed E-state index contributed by atoms with van der Waals surface area (Å²) in [5.74, 6) is -25.5. The summed E-state index contributed by atoms with van der Waals surface area (Å²) >= 11 is 0. The molecule has 2 aliphatic heterocycles. The number of urea groups is 1. The van der Waals surface area contributed by atoms with Gasteiger partial charge < -0.3 is 121 Å². The van der Waals surface area contributed by atoms with Gasteiger partial charge >= 0.3 is 18.0 Å². The van der Waals surface area contributed by atoms with E-state index in [1.165, 1.54) is 81.6 Å². The predicted molar refractivity (Wildman–Crippen MR) is 474 cm³/mol. The molecular formula is C88H117N19O25. The maximum Gasteiger partial charge on any atom is 0.324 e. The van der Waals surface area contributed by atoms with E-state index in [1.807, 2.05) is 0 Å². The number of aliphatic carboxylic acids is 2. The number of amides is 18. The highest BCUT2D eigenvalue weighted by Gasteiger charge is 2.41. The van der Waals surface area contributed by atoms with Gasteiger partial charge in [0.15, 0.2) is 5.43 Å². The van der Waals surface area contributed by atoms with E-state index in [0.29, 0.717) is 26.8 Å². The van der Waals surface area contributed by atoms with Crippen molar-refractivity contribution in [3.05, 3.63) is 112 Å². The molecule has 132 heavy (non-hydrogen) atoms. The van der Waals surface area contributed by atoms with Crippen LogP contribution in [0, 0.1) is 23.7 Å². The van der Waals surface area contributed by atoms with Crippen LogP contribution in [0.1, 0.15) is 148 Å². The fourth-order valence-electron chi connectivity index (χ4n) is 14.7. The van der Waals surface area contributed by atoms with Gasteiger partial charge in [0, 0.05) is 83.8 Å². The summed E-state index contributed by atoms with van der Waals surface area (Å²) in [5, 5.41) is 71.6. The number of primary amides is 3. The van der Waals surface area contributed by atoms with E-state index < -0.39 is 279 Å². The van der Waals surface area contributed by atoms with E-state index in [1.54, 1.807) is 65.0 Å². The normalized spacial score (nSPS) is 21.9. The van der Waals surface area contributed by atoms with E-state index in [4.69, 9.17) is 27.4 Å². The van der Waals surface area contributed by atoms with Gasteiger partial charge in [-0.25, -0.2) is 4.79 Å². The van der Waals surface area contributed by atoms with Crippen LogP contribution in [0.5, 0.6) is 5.75 Å². The second-order valence-corrected chi connectivity index (χ2v) is 33.4. The molecule has 3 aromatic carbocycles. The highest BCUT2D eigenvalue weighted by molar-refractivity contribution is 6.13. The van der Waals surface area contributed by atoms with E-state index in [2.05, 4.69) is 68.8 Å². The van der Waals surface area contributed by atoms with Crippen LogP contribution in [0.2, 0.25) is 0 Å². The molecule has 25 N–H and O–H groups in total. The topological polar surface area (TPSA) is 706 Å². The highest BCUT2D eigenvalue weighted by atomic mass is 16.4. The number of nitrogens with two attached hydrogens (primary N) is 4. The number of phenolic OH excluding ortho intramolecular Hbond substituents is 1. The van der Waals surface area contributed by atoms with Crippen LogP contribution in [-0.4, -0.2) is 253 Å². The summed E-state index contributed by atoms with van der Waals surface area (Å²) in [5.41, 5.74) is 23.7. The second kappa shape index (κ2) is 49.4. The number of aromatic amines is 1. The second-order valence-electron chi connectivity index (χ2n) is 33.4. The molecule has 714 valence electrons. The molecule has 1 aromatic heterocycles. The van der Waals surface area contributed by atoms with Gasteiger partial charge in [-0.1, -0.05) is 98.2 Å². The number of rotatable bonds is 26. The number of nitrogens with one attached hydrogen (secondary N) is 13. The van der Waals surface area contributed by atoms with Gasteiger partial charge in [-0.15, -0.1) is 0 Å². The molecular weight excluding hydrogens is 1720 g/mol. The number of carbonyl (C=O) groups is 19. The third-order valence-electron chi connectivity index (χ3n) is 21.6. The number of aliphatic hydroxyl groups excluding tert-OH is 1. The van der Waals surface area contributed by atoms with Gasteiger partial charge in [0.2, 0.25) is 88.6 Å². The summed E-state index contributed by atoms with van der Waals surface area (Å²) in [4.78, 5) is 287. The molecule has 0 radical (unpaired) electrons. The van der Waals surface area contributed by atoms with Gasteiger partial charge in [0.1, 0.15) is 83.6 Å². The zero-order valence-electron chi connectivity index (χ0n) is 74.3. The van der Waals surface area contributed by atoms with Crippen molar-refractivity contribution in [2.45, 2.75) is 205 Å². The molecule has 0 unspecified atom stereocenters. The largest absolute Gasteiger partial charge is 0.508 e. The van der Waals surface area contributed by atoms with E-state index in [0.717, 1.165) is 4.90 Å². The number of aromatic nitrogens is 1. The number of para-hydroxylation sites is 1. The van der Waals surface area contributed by atoms with E-state index >= 15 is 14.4 Å². The Kier molecular flexibility index (Phi) is 39.1. The Morgan fingerprint density at radius 2 is 1.02 bits per heavy atom. The maximum absolute atomic E-state index is 15.7. The van der Waals surface area contributed by atoms with Gasteiger partial charge in [-0.2, -0.15) is 0 Å². The van der Waals surface area contributed by atoms with E-state index in [-0.39, 0.29) is 90.8 Å². The molecule has 1 aliphatic carbocycles. The van der Waals surface area contributed by atoms with Crippen molar-refractivity contribution in [2.24, 2.45) is 46.6 Å². The molecule has 44 heteroatoms. The summed E-state index contributed by atoms with van der Waals surface area (Å²) in [6.45, 7) is 8.67. The molecule has 12 atom stereocenters. The minimum atomic E-state index is -2.14. The fourth-order valence-corrected chi connectivity index (χ4v) is 14.7. The summed E-state index contributed by atoms with van der Waals surface area (Å²) in [7, 11) is 0. The van der Waals surface area contributed by atoms with Crippen molar-refractivity contribution in [2.75, 3.05) is 39.3 Å². The highest BCUT2D eigenvalue weighted by Crippen LogP contribution is 2.42. The Hall–Kier alpha value is -14.5. The van der Waals surface area contributed by atoms with Crippen LogP contribution >= 0.6 is 0 Å². The average molecular weight is 1840 g/mol. The van der Waals surface area contributed by atoms with Crippen molar-refractivity contribution < 1.29 is 116 Å². The summed E-state index contributed by atoms with van der Waals surface area (Å²) in [6, 6.07) is -1.03. The molecule has 18 amide bonds. The van der Waals surface area contributed by atoms with Crippen molar-refractivity contribution in [3.63, 3.8) is 0 Å². The lowest BCUT2D eigenvalue weighted by Gasteiger charge is -2.31. The Morgan fingerprint density at radius 3 is 1.58 bits per heavy atom. The molecule has 3 aliphatic rings. The molecule has 7 rings (SSSR count). The zero-order valence-corrected chi connectivity index (χ0v) is 74.3. The van der Waals surface area contributed by atoms with Crippen LogP contribution < -0.4 is 92.2 Å². The number of H-pyrrole nitrogens is 1. The molecule has 0 spiro atoms. The van der Waals surface area contributed by atoms with Crippen LogP contribution in [0.3, 0.4) is 0 Å². The number of nitrogens with zero attached hydrogens (tertiary/aromatic N) is 2. The lowest BCUT2D eigenvalue weighted by molar-refractivity contribution is -0.143. The number of unbranched alkanes of at least 4 members (excludes halogenated alkanes) is 1. The monoisotopic (exact) mass is 1840 g/mol. The first-order chi connectivity index (χ1) is 62.4. The van der Waals surface area contributed by atoms with Crippen molar-refractivity contribution in [1.29, 1.82) is 0 Å². The van der Waals surface area contributed by atoms with Gasteiger partial charge in [0.25, 0.3) is 5.91 Å². The SMILES string of the molecule is CC[C@H](C)[C@@H]1NC(=O)[C@H](CCCCN)NC(=O)[C@H](CC(C)C)NC(=O)[C@H](CO)NC(=O)[C@H](CC(N)=O)NC(=O)[C@H](Cc2c[nH]c3ccccc23)NC(=O)CCN(C(=O)c2ccccc2-c2c3ccc(=O)cc-3oc3cc(O)ccc23)C(=O)NCCCN(CC(N)=O)C(=O)[C@H](C(C)C)NC(=O)[C@H](CC(=O)O)NC(=O)[C@H](CC(C)C)NC(=O)[C@H](CC(N)=O)NC(=O)[C@H](CC(=O)O)NC1=O. The zero-order chi connectivity index (χ0) is 97.7. The number of imide groups is 1. The van der Waals surface area contributed by atoms with E-state index in [9.17, 15) is 102 Å². The molecule has 3 heterocycles. The number of benzene rings is 4. The number of hydrogen-bond acceptors (Lipinski definition) is 24. The first-order valence-corrected chi connectivity index (χ1v) is 43.1. The maximum atomic E-state index is 15.7. The van der Waals surface area contributed by atoms with Gasteiger partial charge in [0.05, 0.1) is 38.8 Å². The van der Waals surface area contributed by atoms with Crippen LogP contribution in [0.4, 0.5) is 4.79 Å². The lowest BCUT2D eigenvalue weighted by Crippen LogP contribution is -2.62. The Bertz CT molecular complexity index is 5280. The summed E-state index contributed by atoms with van der Waals surface area (Å²) < 4.78 is 6.08. The number of aromatic hydroxyl groups is 1. The molecule has 4 aromatic rings. The van der Waals surface area contributed by atoms with Crippen molar-refractivity contribution >= 4 is 134 Å². The molecule has 0 bridgehead atoms. The average Bonchev–Trinajstić information content (AvgIpc) is 0.755. The molecule has 44 nitrogen and oxygen atoms in total. The third-order valence-corrected chi connectivity index (χ3v) is 21.6. The molecule has 1 saturated heterocycles. The number of fused-ring (bicyclic) bond motifs is 3. The number of phenols is 1. The predicted octanol–water partition coefficient (Wildman–Crippen LogP) is -1.80. The van der Waals surface area contributed by atoms with Gasteiger partial charge in [-0.05, 0) is 116 Å². The van der Waals surface area contributed by atoms with Crippen LogP contribution in [0.15, 0.2) is 100 Å². The fraction of sp³-hybridized carbons (Fsp3) is 0.477.